The van der Waals surface area contributed by atoms with E-state index in [4.69, 9.17) is 9.47 Å². The summed E-state index contributed by atoms with van der Waals surface area (Å²) in [5, 5.41) is 20.6. The van der Waals surface area contributed by atoms with Crippen molar-refractivity contribution in [2.45, 2.75) is 123 Å². The number of aromatic hydroxyl groups is 1. The number of ether oxygens (including phenoxy) is 2. The fourth-order valence-corrected chi connectivity index (χ4v) is 12.2. The zero-order valence-electron chi connectivity index (χ0n) is 52.0. The molecule has 4 aliphatic rings. The minimum Gasteiger partial charge on any atom is -0.508 e. The molecule has 0 spiro atoms. The number of carbonyl (C=O) groups excluding carboxylic acids is 5. The van der Waals surface area contributed by atoms with Crippen molar-refractivity contribution in [3.8, 4) is 33.8 Å². The molecule has 4 fully saturated rings. The van der Waals surface area contributed by atoms with Crippen molar-refractivity contribution in [1.82, 2.24) is 39.8 Å². The molecule has 4 aliphatic heterocycles. The number of hydrogen-bond acceptors (Lipinski definition) is 11. The minimum atomic E-state index is -0.540. The van der Waals surface area contributed by atoms with E-state index in [9.17, 15) is 29.1 Å². The third-order valence-electron chi connectivity index (χ3n) is 16.8. The van der Waals surface area contributed by atoms with Crippen molar-refractivity contribution in [3.05, 3.63) is 142 Å². The standard InChI is InChI=1S/C35H45N5O5.C32H41N5O3/c1-21-9-10-26(39-19-27-11-12-28(20-39)40(27)34(44)45-35(3,4)5)17-30(21)32(42)36-22(2)23-13-24(15-29(41)14-23)25-16-31(38(8)18-25)33(43)37(6)7;1-7-40-28-13-22(12-23(14-28)24-15-30(36(6)17-24)32(39)35(4)5)21(3)33-31(38)29-16-27(11-8-20(29)2)37-18-25-9-10-26(19-37)34-25/h9-10,13-18,22,27-28,41H,11-12,19-20H2,1-8H3,(H,36,42);8,11-17,21,25-26,34H,7,9-10,18-19H2,1-6H3,(H,33,38)/t22-,27-,28+;21-,25-,26+/m11/s1. The average molecular weight is 1160 g/mol. The van der Waals surface area contributed by atoms with Gasteiger partial charge >= 0.3 is 6.09 Å². The van der Waals surface area contributed by atoms with Gasteiger partial charge in [-0.3, -0.25) is 24.1 Å². The fourth-order valence-electron chi connectivity index (χ4n) is 12.2. The number of phenolic OH excluding ortho intramolecular Hbond substituents is 1. The Hall–Kier alpha value is -8.25. The monoisotopic (exact) mass is 1160 g/mol. The van der Waals surface area contributed by atoms with E-state index in [2.05, 4.69) is 43.9 Å². The molecular formula is C67H86N10O8. The molecule has 85 heavy (non-hydrogen) atoms. The highest BCUT2D eigenvalue weighted by Crippen LogP contribution is 2.37. The Morgan fingerprint density at radius 3 is 1.54 bits per heavy atom. The highest BCUT2D eigenvalue weighted by Gasteiger charge is 2.44. The number of anilines is 2. The van der Waals surface area contributed by atoms with Crippen LogP contribution < -0.4 is 30.5 Å². The molecule has 0 unspecified atom stereocenters. The minimum absolute atomic E-state index is 0.0540. The lowest BCUT2D eigenvalue weighted by molar-refractivity contribution is 0.0122. The molecule has 6 atom stereocenters. The predicted octanol–water partition coefficient (Wildman–Crippen LogP) is 10.0. The summed E-state index contributed by atoms with van der Waals surface area (Å²) in [5.74, 6) is 0.340. The van der Waals surface area contributed by atoms with Crippen molar-refractivity contribution in [3.63, 3.8) is 0 Å². The number of carbonyl (C=O) groups is 5. The Kier molecular flexibility index (Phi) is 18.1. The van der Waals surface area contributed by atoms with Gasteiger partial charge in [0.2, 0.25) is 0 Å². The maximum Gasteiger partial charge on any atom is 0.410 e. The lowest BCUT2D eigenvalue weighted by Crippen LogP contribution is -2.56. The van der Waals surface area contributed by atoms with Crippen molar-refractivity contribution in [2.75, 3.05) is 70.8 Å². The van der Waals surface area contributed by atoms with Gasteiger partial charge in [0.1, 0.15) is 28.5 Å². The molecule has 6 aromatic rings. The van der Waals surface area contributed by atoms with Gasteiger partial charge in [0.05, 0.1) is 30.8 Å². The van der Waals surface area contributed by atoms with Gasteiger partial charge in [0.25, 0.3) is 23.6 Å². The van der Waals surface area contributed by atoms with E-state index in [1.807, 2.05) is 140 Å². The molecule has 18 nitrogen and oxygen atoms in total. The van der Waals surface area contributed by atoms with Crippen LogP contribution in [0.2, 0.25) is 0 Å². The Balaban J connectivity index is 0.000000205. The van der Waals surface area contributed by atoms with Gasteiger partial charge in [0, 0.05) is 127 Å². The molecule has 0 aliphatic carbocycles. The highest BCUT2D eigenvalue weighted by atomic mass is 16.6. The molecular weight excluding hydrogens is 1070 g/mol. The topological polar surface area (TPSA) is 186 Å². The number of benzene rings is 4. The second-order valence-corrected chi connectivity index (χ2v) is 25.0. The summed E-state index contributed by atoms with van der Waals surface area (Å²) < 4.78 is 15.2. The molecule has 4 saturated heterocycles. The molecule has 4 bridgehead atoms. The first kappa shape index (κ1) is 61.3. The summed E-state index contributed by atoms with van der Waals surface area (Å²) in [4.78, 5) is 75.0. The summed E-state index contributed by atoms with van der Waals surface area (Å²) in [6, 6.07) is 27.7. The van der Waals surface area contributed by atoms with Crippen LogP contribution in [0.3, 0.4) is 0 Å². The summed E-state index contributed by atoms with van der Waals surface area (Å²) >= 11 is 0. The Labute approximate surface area is 501 Å². The van der Waals surface area contributed by atoms with Crippen molar-refractivity contribution in [1.29, 1.82) is 0 Å². The second-order valence-electron chi connectivity index (χ2n) is 25.0. The predicted molar refractivity (Wildman–Crippen MR) is 334 cm³/mol. The average Bonchev–Trinajstić information content (AvgIpc) is 4.03. The van der Waals surface area contributed by atoms with Crippen LogP contribution in [0.4, 0.5) is 16.2 Å². The van der Waals surface area contributed by atoms with E-state index in [0.717, 1.165) is 87.6 Å². The number of amides is 5. The number of piperazine rings is 2. The Bertz CT molecular complexity index is 3460. The molecule has 0 radical (unpaired) electrons. The van der Waals surface area contributed by atoms with E-state index in [0.29, 0.717) is 54.3 Å². The molecule has 10 rings (SSSR count). The summed E-state index contributed by atoms with van der Waals surface area (Å²) in [6.45, 7) is 19.2. The molecule has 4 aromatic carbocycles. The first-order valence-electron chi connectivity index (χ1n) is 29.7. The molecule has 4 N–H and O–H groups in total. The van der Waals surface area contributed by atoms with Crippen molar-refractivity contribution < 1.29 is 38.6 Å². The van der Waals surface area contributed by atoms with E-state index in [1.54, 1.807) is 55.9 Å². The fraction of sp³-hybridized carbons (Fsp3) is 0.448. The van der Waals surface area contributed by atoms with Gasteiger partial charge in [-0.2, -0.15) is 0 Å². The first-order chi connectivity index (χ1) is 40.2. The van der Waals surface area contributed by atoms with Crippen molar-refractivity contribution >= 4 is 41.1 Å². The van der Waals surface area contributed by atoms with Gasteiger partial charge in [-0.05, 0) is 187 Å². The smallest absolute Gasteiger partial charge is 0.410 e. The molecule has 5 amide bonds. The van der Waals surface area contributed by atoms with Gasteiger partial charge in [-0.1, -0.05) is 12.1 Å². The zero-order valence-corrected chi connectivity index (χ0v) is 52.0. The normalized spacial score (nSPS) is 18.7. The van der Waals surface area contributed by atoms with Crippen LogP contribution in [0.5, 0.6) is 11.5 Å². The number of nitrogens with zero attached hydrogens (tertiary/aromatic N) is 7. The van der Waals surface area contributed by atoms with E-state index < -0.39 is 11.6 Å². The van der Waals surface area contributed by atoms with Crippen LogP contribution >= 0.6 is 0 Å². The third-order valence-corrected chi connectivity index (χ3v) is 16.8. The van der Waals surface area contributed by atoms with Crippen LogP contribution in [-0.4, -0.2) is 149 Å². The molecule has 6 heterocycles. The van der Waals surface area contributed by atoms with Gasteiger partial charge in [0.15, 0.2) is 0 Å². The van der Waals surface area contributed by atoms with E-state index >= 15 is 0 Å². The SMILES string of the molecule is CCOc1cc(-c2cc(C(=O)N(C)C)n(C)c2)cc([C@@H](C)NC(=O)c2cc(N3C[C@H]4CC[C@@H](C3)N4)ccc2C)c1.Cc1ccc(N2C[C@H]3CC[C@@H](C2)N3C(=O)OC(C)(C)C)cc1C(=O)N[C@H](C)c1cc(O)cc(-c2cc(C(=O)N(C)C)n(C)c2)c1. The largest absolute Gasteiger partial charge is 0.508 e. The van der Waals surface area contributed by atoms with Gasteiger partial charge in [-0.25, -0.2) is 4.79 Å². The number of hydrogen-bond donors (Lipinski definition) is 4. The number of aromatic nitrogens is 2. The Morgan fingerprint density at radius 1 is 0.624 bits per heavy atom. The molecule has 452 valence electrons. The van der Waals surface area contributed by atoms with E-state index in [-0.39, 0.29) is 53.6 Å². The summed E-state index contributed by atoms with van der Waals surface area (Å²) in [7, 11) is 10.6. The van der Waals surface area contributed by atoms with Gasteiger partial charge in [-0.15, -0.1) is 0 Å². The number of phenols is 1. The van der Waals surface area contributed by atoms with Crippen LogP contribution in [-0.2, 0) is 18.8 Å². The third kappa shape index (κ3) is 14.0. The van der Waals surface area contributed by atoms with Crippen LogP contribution in [0, 0.1) is 13.8 Å². The molecule has 2 aromatic heterocycles. The van der Waals surface area contributed by atoms with Gasteiger partial charge < -0.3 is 59.3 Å². The lowest BCUT2D eigenvalue weighted by atomic mass is 10.00. The maximum atomic E-state index is 13.6. The highest BCUT2D eigenvalue weighted by molar-refractivity contribution is 5.98. The number of nitrogens with one attached hydrogen (secondary N) is 3. The number of fused-ring (bicyclic) bond motifs is 4. The lowest BCUT2D eigenvalue weighted by Gasteiger charge is -2.42. The molecule has 18 heteroatoms. The Morgan fingerprint density at radius 2 is 1.08 bits per heavy atom. The van der Waals surface area contributed by atoms with Crippen LogP contribution in [0.1, 0.15) is 143 Å². The van der Waals surface area contributed by atoms with Crippen LogP contribution in [0.25, 0.3) is 22.3 Å². The summed E-state index contributed by atoms with van der Waals surface area (Å²) in [5.41, 5.74) is 10.8. The maximum absolute atomic E-state index is 13.6. The van der Waals surface area contributed by atoms with Crippen LogP contribution in [0.15, 0.2) is 97.3 Å². The zero-order chi connectivity index (χ0) is 61.3. The van der Waals surface area contributed by atoms with E-state index in [1.165, 1.54) is 17.7 Å². The molecule has 0 saturated carbocycles. The quantitative estimate of drug-likeness (QED) is 0.0814. The number of rotatable bonds is 14. The first-order valence-corrected chi connectivity index (χ1v) is 29.7. The summed E-state index contributed by atoms with van der Waals surface area (Å²) in [6.07, 6.45) is 7.85. The second kappa shape index (κ2) is 25.1. The number of aryl methyl sites for hydroxylation is 4. The van der Waals surface area contributed by atoms with Crippen molar-refractivity contribution in [2.24, 2.45) is 14.1 Å².